The number of halogens is 1. The maximum Gasteiger partial charge on any atom is 0.262 e. The molecular weight excluding hydrogens is 554 g/mol. The summed E-state index contributed by atoms with van der Waals surface area (Å²) >= 11 is 5.99. The number of fused-ring (bicyclic) bond motifs is 1. The standard InChI is InChI=1S/C29H30ClN3O6S/c1-19-25(18-28(34)32-15-3-4-16-39-22-9-12-24(13-10-22)40(31,36)37)26-17-23(38-2)11-14-27(26)33(19)29(35)20-5-7-21(30)8-6-20/h5-14,17H,3-4,15-16,18H2,1-2H3,(H,32,34)(H2,31,36,37). The first-order valence-electron chi connectivity index (χ1n) is 12.6. The first-order valence-corrected chi connectivity index (χ1v) is 14.5. The van der Waals surface area contributed by atoms with Gasteiger partial charge in [-0.05, 0) is 92.1 Å². The third-order valence-corrected chi connectivity index (χ3v) is 7.67. The smallest absolute Gasteiger partial charge is 0.262 e. The van der Waals surface area contributed by atoms with E-state index < -0.39 is 10.0 Å². The zero-order chi connectivity index (χ0) is 28.9. The predicted molar refractivity (Wildman–Crippen MR) is 154 cm³/mol. The highest BCUT2D eigenvalue weighted by Crippen LogP contribution is 2.31. The third kappa shape index (κ3) is 6.82. The van der Waals surface area contributed by atoms with Crippen LogP contribution in [0.3, 0.4) is 0 Å². The van der Waals surface area contributed by atoms with Gasteiger partial charge in [-0.15, -0.1) is 0 Å². The van der Waals surface area contributed by atoms with Gasteiger partial charge in [0.1, 0.15) is 11.5 Å². The van der Waals surface area contributed by atoms with Gasteiger partial charge in [0.25, 0.3) is 5.91 Å². The second-order valence-electron chi connectivity index (χ2n) is 9.19. The van der Waals surface area contributed by atoms with Crippen molar-refractivity contribution in [3.8, 4) is 11.5 Å². The molecule has 0 aliphatic rings. The molecule has 3 aromatic carbocycles. The normalized spacial score (nSPS) is 11.4. The van der Waals surface area contributed by atoms with Gasteiger partial charge in [-0.2, -0.15) is 0 Å². The molecule has 0 aliphatic carbocycles. The summed E-state index contributed by atoms with van der Waals surface area (Å²) in [5.41, 5.74) is 2.61. The average molecular weight is 584 g/mol. The second kappa shape index (κ2) is 12.5. The van der Waals surface area contributed by atoms with Gasteiger partial charge in [0.15, 0.2) is 0 Å². The maximum atomic E-state index is 13.4. The molecule has 0 saturated heterocycles. The number of nitrogens with zero attached hydrogens (tertiary/aromatic N) is 1. The molecule has 0 atom stereocenters. The van der Waals surface area contributed by atoms with Crippen LogP contribution in [0.2, 0.25) is 5.02 Å². The van der Waals surface area contributed by atoms with E-state index in [4.69, 9.17) is 26.2 Å². The number of hydrogen-bond acceptors (Lipinski definition) is 6. The van der Waals surface area contributed by atoms with Crippen LogP contribution in [0.15, 0.2) is 71.6 Å². The topological polar surface area (TPSA) is 130 Å². The monoisotopic (exact) mass is 583 g/mol. The van der Waals surface area contributed by atoms with E-state index in [2.05, 4.69) is 5.32 Å². The Kier molecular flexibility index (Phi) is 9.14. The van der Waals surface area contributed by atoms with Crippen LogP contribution in [0.25, 0.3) is 10.9 Å². The molecule has 0 saturated carbocycles. The first kappa shape index (κ1) is 29.1. The van der Waals surface area contributed by atoms with E-state index in [0.29, 0.717) is 59.3 Å². The molecule has 0 bridgehead atoms. The summed E-state index contributed by atoms with van der Waals surface area (Å²) in [4.78, 5) is 26.3. The van der Waals surface area contributed by atoms with Crippen LogP contribution in [0.5, 0.6) is 11.5 Å². The molecule has 0 aliphatic heterocycles. The van der Waals surface area contributed by atoms with E-state index >= 15 is 0 Å². The van der Waals surface area contributed by atoms with Crippen molar-refractivity contribution in [2.45, 2.75) is 31.1 Å². The summed E-state index contributed by atoms with van der Waals surface area (Å²) < 4.78 is 35.3. The zero-order valence-corrected chi connectivity index (χ0v) is 23.7. The first-order chi connectivity index (χ1) is 19.1. The molecule has 4 rings (SSSR count). The highest BCUT2D eigenvalue weighted by Gasteiger charge is 2.22. The highest BCUT2D eigenvalue weighted by molar-refractivity contribution is 7.89. The van der Waals surface area contributed by atoms with E-state index in [1.54, 1.807) is 54.1 Å². The molecule has 3 N–H and O–H groups in total. The van der Waals surface area contributed by atoms with Crippen molar-refractivity contribution in [2.24, 2.45) is 5.14 Å². The van der Waals surface area contributed by atoms with Crippen molar-refractivity contribution < 1.29 is 27.5 Å². The number of amides is 1. The maximum absolute atomic E-state index is 13.4. The van der Waals surface area contributed by atoms with E-state index in [1.807, 2.05) is 19.1 Å². The molecule has 4 aromatic rings. The molecule has 0 unspecified atom stereocenters. The minimum atomic E-state index is -3.74. The molecule has 1 amide bonds. The van der Waals surface area contributed by atoms with Crippen molar-refractivity contribution in [1.29, 1.82) is 0 Å². The molecule has 1 aromatic heterocycles. The molecule has 1 heterocycles. The van der Waals surface area contributed by atoms with Crippen LogP contribution in [-0.4, -0.2) is 45.1 Å². The average Bonchev–Trinajstić information content (AvgIpc) is 3.20. The number of primary sulfonamides is 1. The van der Waals surface area contributed by atoms with Crippen LogP contribution >= 0.6 is 11.6 Å². The molecule has 40 heavy (non-hydrogen) atoms. The Balaban J connectivity index is 1.37. The van der Waals surface area contributed by atoms with Gasteiger partial charge in [0.05, 0.1) is 30.5 Å². The second-order valence-corrected chi connectivity index (χ2v) is 11.2. The van der Waals surface area contributed by atoms with Crippen LogP contribution < -0.4 is 19.9 Å². The molecule has 210 valence electrons. The zero-order valence-electron chi connectivity index (χ0n) is 22.1. The van der Waals surface area contributed by atoms with Gasteiger partial charge in [-0.25, -0.2) is 13.6 Å². The van der Waals surface area contributed by atoms with Crippen LogP contribution in [0.1, 0.15) is 34.5 Å². The van der Waals surface area contributed by atoms with Crippen molar-refractivity contribution >= 4 is 44.3 Å². The number of carbonyl (C=O) groups is 2. The predicted octanol–water partition coefficient (Wildman–Crippen LogP) is 4.47. The van der Waals surface area contributed by atoms with E-state index in [-0.39, 0.29) is 23.1 Å². The van der Waals surface area contributed by atoms with Crippen LogP contribution in [0, 0.1) is 6.92 Å². The van der Waals surface area contributed by atoms with Gasteiger partial charge in [-0.3, -0.25) is 14.2 Å². The van der Waals surface area contributed by atoms with E-state index in [0.717, 1.165) is 10.9 Å². The molecule has 0 fully saturated rings. The van der Waals surface area contributed by atoms with Crippen molar-refractivity contribution in [1.82, 2.24) is 9.88 Å². The van der Waals surface area contributed by atoms with Crippen LogP contribution in [-0.2, 0) is 21.2 Å². The van der Waals surface area contributed by atoms with Crippen LogP contribution in [0.4, 0.5) is 0 Å². The number of rotatable bonds is 11. The van der Waals surface area contributed by atoms with Gasteiger partial charge < -0.3 is 14.8 Å². The lowest BCUT2D eigenvalue weighted by molar-refractivity contribution is -0.120. The number of unbranched alkanes of at least 4 members (excludes halogenated alkanes) is 1. The number of nitrogens with two attached hydrogens (primary N) is 1. The summed E-state index contributed by atoms with van der Waals surface area (Å²) in [7, 11) is -2.17. The Hall–Kier alpha value is -3.86. The lowest BCUT2D eigenvalue weighted by Gasteiger charge is -2.09. The molecule has 0 radical (unpaired) electrons. The highest BCUT2D eigenvalue weighted by atomic mass is 35.5. The van der Waals surface area contributed by atoms with Crippen molar-refractivity contribution in [3.63, 3.8) is 0 Å². The van der Waals surface area contributed by atoms with Gasteiger partial charge >= 0.3 is 0 Å². The van der Waals surface area contributed by atoms with E-state index in [1.165, 1.54) is 12.1 Å². The molecular formula is C29H30ClN3O6S. The Morgan fingerprint density at radius 3 is 2.30 bits per heavy atom. The van der Waals surface area contributed by atoms with Gasteiger partial charge in [0.2, 0.25) is 15.9 Å². The van der Waals surface area contributed by atoms with Gasteiger partial charge in [0, 0.05) is 28.2 Å². The minimum Gasteiger partial charge on any atom is -0.497 e. The molecule has 0 spiro atoms. The fraction of sp³-hybridized carbons (Fsp3) is 0.241. The fourth-order valence-electron chi connectivity index (χ4n) is 4.39. The number of hydrogen-bond donors (Lipinski definition) is 2. The molecule has 11 heteroatoms. The van der Waals surface area contributed by atoms with Crippen molar-refractivity contribution in [2.75, 3.05) is 20.3 Å². The van der Waals surface area contributed by atoms with Gasteiger partial charge in [-0.1, -0.05) is 11.6 Å². The largest absolute Gasteiger partial charge is 0.497 e. The Morgan fingerprint density at radius 2 is 1.65 bits per heavy atom. The lowest BCUT2D eigenvalue weighted by Crippen LogP contribution is -2.26. The number of aromatic nitrogens is 1. The Bertz CT molecular complexity index is 1630. The number of benzene rings is 3. The number of ether oxygens (including phenoxy) is 2. The fourth-order valence-corrected chi connectivity index (χ4v) is 5.03. The molecule has 9 nitrogen and oxygen atoms in total. The number of carbonyl (C=O) groups excluding carboxylic acids is 2. The van der Waals surface area contributed by atoms with Crippen molar-refractivity contribution in [3.05, 3.63) is 88.6 Å². The SMILES string of the molecule is COc1ccc2c(c1)c(CC(=O)NCCCCOc1ccc(S(N)(=O)=O)cc1)c(C)n2C(=O)c1ccc(Cl)cc1. The lowest BCUT2D eigenvalue weighted by atomic mass is 10.1. The number of sulfonamides is 1. The summed E-state index contributed by atoms with van der Waals surface area (Å²) in [5, 5.41) is 9.35. The van der Waals surface area contributed by atoms with E-state index in [9.17, 15) is 18.0 Å². The minimum absolute atomic E-state index is 0.0220. The summed E-state index contributed by atoms with van der Waals surface area (Å²) in [6, 6.07) is 18.0. The summed E-state index contributed by atoms with van der Waals surface area (Å²) in [5.74, 6) is 0.787. The number of nitrogens with one attached hydrogen (secondary N) is 1. The Morgan fingerprint density at radius 1 is 0.975 bits per heavy atom. The Labute approximate surface area is 237 Å². The number of methoxy groups -OCH3 is 1. The summed E-state index contributed by atoms with van der Waals surface area (Å²) in [6.07, 6.45) is 1.47. The summed E-state index contributed by atoms with van der Waals surface area (Å²) in [6.45, 7) is 2.69. The quantitative estimate of drug-likeness (QED) is 0.251. The third-order valence-electron chi connectivity index (χ3n) is 6.49.